The standard InChI is InChI=1S/C32H43N5O6/c1-3-4-14-37(24-8-5-7-22(16-24)18-33)29(38)20-36-19-25(23-9-10-27-28(17-23)43-21-42-27)30(31(39)40)26(36)11-15-35-13-6-12-34(2)32(35)41/h5,7-10,16-17,25-26,30H,3-4,6,11-15,18-21,33H2,1-2H3,(H,39,40)/t25-,26+,30-/m1/s1. The van der Waals surface area contributed by atoms with Crippen LogP contribution in [0.2, 0.25) is 0 Å². The van der Waals surface area contributed by atoms with Crippen LogP contribution in [0.1, 0.15) is 49.7 Å². The summed E-state index contributed by atoms with van der Waals surface area (Å²) in [7, 11) is 1.79. The maximum Gasteiger partial charge on any atom is 0.319 e. The number of anilines is 1. The van der Waals surface area contributed by atoms with Crippen molar-refractivity contribution in [1.29, 1.82) is 0 Å². The van der Waals surface area contributed by atoms with Crippen molar-refractivity contribution in [2.24, 2.45) is 11.7 Å². The molecule has 3 N–H and O–H groups in total. The molecule has 0 spiro atoms. The molecule has 3 aliphatic heterocycles. The predicted molar refractivity (Wildman–Crippen MR) is 162 cm³/mol. The number of urea groups is 1. The Morgan fingerprint density at radius 3 is 2.70 bits per heavy atom. The second-order valence-corrected chi connectivity index (χ2v) is 11.7. The number of rotatable bonds is 12. The quantitative estimate of drug-likeness (QED) is 0.384. The zero-order valence-electron chi connectivity index (χ0n) is 25.1. The lowest BCUT2D eigenvalue weighted by molar-refractivity contribution is -0.143. The zero-order valence-corrected chi connectivity index (χ0v) is 25.1. The van der Waals surface area contributed by atoms with Crippen molar-refractivity contribution in [3.63, 3.8) is 0 Å². The van der Waals surface area contributed by atoms with E-state index in [4.69, 9.17) is 15.2 Å². The van der Waals surface area contributed by atoms with Gasteiger partial charge in [-0.2, -0.15) is 0 Å². The number of hydrogen-bond donors (Lipinski definition) is 2. The molecule has 3 heterocycles. The summed E-state index contributed by atoms with van der Waals surface area (Å²) >= 11 is 0. The maximum absolute atomic E-state index is 14.0. The maximum atomic E-state index is 14.0. The number of carboxylic acids is 1. The molecular formula is C32H43N5O6. The van der Waals surface area contributed by atoms with Crippen molar-refractivity contribution in [2.75, 3.05) is 58.0 Å². The lowest BCUT2D eigenvalue weighted by atomic mass is 9.84. The van der Waals surface area contributed by atoms with E-state index >= 15 is 0 Å². The third kappa shape index (κ3) is 6.73. The number of fused-ring (bicyclic) bond motifs is 1. The number of carbonyl (C=O) groups is 3. The van der Waals surface area contributed by atoms with Crippen molar-refractivity contribution in [2.45, 2.75) is 51.1 Å². The Hall–Kier alpha value is -3.83. The van der Waals surface area contributed by atoms with Crippen LogP contribution >= 0.6 is 0 Å². The average Bonchev–Trinajstić information content (AvgIpc) is 3.62. The second kappa shape index (κ2) is 13.6. The fourth-order valence-corrected chi connectivity index (χ4v) is 6.59. The molecule has 3 aliphatic rings. The monoisotopic (exact) mass is 593 g/mol. The van der Waals surface area contributed by atoms with E-state index in [-0.39, 0.29) is 31.2 Å². The minimum absolute atomic E-state index is 0.0448. The molecule has 5 rings (SSSR count). The van der Waals surface area contributed by atoms with E-state index in [1.54, 1.807) is 21.7 Å². The average molecular weight is 594 g/mol. The molecule has 2 aromatic carbocycles. The Balaban J connectivity index is 1.43. The van der Waals surface area contributed by atoms with E-state index < -0.39 is 17.9 Å². The molecule has 43 heavy (non-hydrogen) atoms. The summed E-state index contributed by atoms with van der Waals surface area (Å²) in [6, 6.07) is 12.8. The summed E-state index contributed by atoms with van der Waals surface area (Å²) in [5.41, 5.74) is 8.46. The van der Waals surface area contributed by atoms with Gasteiger partial charge in [0.05, 0.1) is 12.5 Å². The number of carbonyl (C=O) groups excluding carboxylic acids is 2. The van der Waals surface area contributed by atoms with Gasteiger partial charge in [-0.1, -0.05) is 31.5 Å². The van der Waals surface area contributed by atoms with Crippen LogP contribution in [0.5, 0.6) is 11.5 Å². The number of amides is 3. The van der Waals surface area contributed by atoms with Gasteiger partial charge in [0.15, 0.2) is 11.5 Å². The van der Waals surface area contributed by atoms with E-state index in [1.807, 2.05) is 47.4 Å². The van der Waals surface area contributed by atoms with Gasteiger partial charge in [0.1, 0.15) is 0 Å². The molecule has 0 radical (unpaired) electrons. The number of unbranched alkanes of at least 4 members (excludes halogenated alkanes) is 1. The van der Waals surface area contributed by atoms with Crippen LogP contribution in [0.4, 0.5) is 10.5 Å². The molecule has 2 saturated heterocycles. The summed E-state index contributed by atoms with van der Waals surface area (Å²) in [4.78, 5) is 47.1. The van der Waals surface area contributed by atoms with Crippen LogP contribution in [0.25, 0.3) is 0 Å². The summed E-state index contributed by atoms with van der Waals surface area (Å²) in [6.45, 7) is 5.39. The topological polar surface area (TPSA) is 129 Å². The van der Waals surface area contributed by atoms with Crippen molar-refractivity contribution in [3.8, 4) is 11.5 Å². The fourth-order valence-electron chi connectivity index (χ4n) is 6.59. The van der Waals surface area contributed by atoms with E-state index in [1.165, 1.54) is 0 Å². The molecular weight excluding hydrogens is 550 g/mol. The van der Waals surface area contributed by atoms with E-state index in [0.717, 1.165) is 36.1 Å². The lowest BCUT2D eigenvalue weighted by Crippen LogP contribution is -2.50. The lowest BCUT2D eigenvalue weighted by Gasteiger charge is -2.35. The van der Waals surface area contributed by atoms with Gasteiger partial charge in [-0.05, 0) is 54.7 Å². The normalized spacial score (nSPS) is 21.8. The summed E-state index contributed by atoms with van der Waals surface area (Å²) < 4.78 is 11.1. The minimum atomic E-state index is -0.914. The Morgan fingerprint density at radius 2 is 1.93 bits per heavy atom. The van der Waals surface area contributed by atoms with Crippen LogP contribution in [-0.4, -0.2) is 96.9 Å². The van der Waals surface area contributed by atoms with Crippen LogP contribution < -0.4 is 20.1 Å². The number of carboxylic acid groups (broad SMARTS) is 1. The van der Waals surface area contributed by atoms with Gasteiger partial charge in [0, 0.05) is 64.0 Å². The van der Waals surface area contributed by atoms with Crippen molar-refractivity contribution < 1.29 is 29.0 Å². The highest BCUT2D eigenvalue weighted by molar-refractivity contribution is 5.95. The molecule has 0 unspecified atom stereocenters. The van der Waals surface area contributed by atoms with Gasteiger partial charge in [0.2, 0.25) is 12.7 Å². The highest BCUT2D eigenvalue weighted by Gasteiger charge is 2.47. The van der Waals surface area contributed by atoms with Crippen LogP contribution in [0.15, 0.2) is 42.5 Å². The number of hydrogen-bond acceptors (Lipinski definition) is 7. The first-order valence-electron chi connectivity index (χ1n) is 15.3. The first-order valence-corrected chi connectivity index (χ1v) is 15.3. The van der Waals surface area contributed by atoms with Gasteiger partial charge in [-0.3, -0.25) is 14.5 Å². The summed E-state index contributed by atoms with van der Waals surface area (Å²) in [5.74, 6) is -0.902. The SMILES string of the molecule is CCCCN(C(=O)CN1C[C@H](c2ccc3c(c2)OCO3)[C@@H](C(=O)O)[C@@H]1CCN1CCCN(C)C1=O)c1cccc(CN)c1. The van der Waals surface area contributed by atoms with Gasteiger partial charge in [-0.15, -0.1) is 0 Å². The van der Waals surface area contributed by atoms with Crippen LogP contribution in [0, 0.1) is 5.92 Å². The first kappa shape index (κ1) is 30.6. The second-order valence-electron chi connectivity index (χ2n) is 11.7. The number of likely N-dealkylation sites (tertiary alicyclic amines) is 1. The molecule has 0 aliphatic carbocycles. The van der Waals surface area contributed by atoms with Crippen molar-refractivity contribution >= 4 is 23.6 Å². The number of aliphatic carboxylic acids is 1. The number of benzene rings is 2. The van der Waals surface area contributed by atoms with Crippen LogP contribution in [0.3, 0.4) is 0 Å². The molecule has 0 aromatic heterocycles. The summed E-state index contributed by atoms with van der Waals surface area (Å²) in [6.07, 6.45) is 3.08. The first-order chi connectivity index (χ1) is 20.8. The Bertz CT molecular complexity index is 1320. The Labute approximate surface area is 253 Å². The molecule has 2 fully saturated rings. The molecule has 0 saturated carbocycles. The highest BCUT2D eigenvalue weighted by Crippen LogP contribution is 2.43. The zero-order chi connectivity index (χ0) is 30.5. The molecule has 11 heteroatoms. The van der Waals surface area contributed by atoms with Gasteiger partial charge in [-0.25, -0.2) is 4.79 Å². The fraction of sp³-hybridized carbons (Fsp3) is 0.531. The molecule has 3 atom stereocenters. The third-order valence-corrected chi connectivity index (χ3v) is 8.90. The highest BCUT2D eigenvalue weighted by atomic mass is 16.7. The number of nitrogens with zero attached hydrogens (tertiary/aromatic N) is 4. The van der Waals surface area contributed by atoms with Crippen LogP contribution in [-0.2, 0) is 16.1 Å². The molecule has 0 bridgehead atoms. The van der Waals surface area contributed by atoms with Gasteiger partial charge < -0.3 is 35.0 Å². The summed E-state index contributed by atoms with van der Waals surface area (Å²) in [5, 5.41) is 10.6. The molecule has 3 amide bonds. The Morgan fingerprint density at radius 1 is 1.12 bits per heavy atom. The molecule has 2 aromatic rings. The largest absolute Gasteiger partial charge is 0.481 e. The number of nitrogens with two attached hydrogens (primary N) is 1. The van der Waals surface area contributed by atoms with Gasteiger partial charge in [0.25, 0.3) is 0 Å². The van der Waals surface area contributed by atoms with Crippen molar-refractivity contribution in [1.82, 2.24) is 14.7 Å². The van der Waals surface area contributed by atoms with E-state index in [9.17, 15) is 19.5 Å². The minimum Gasteiger partial charge on any atom is -0.481 e. The van der Waals surface area contributed by atoms with Crippen molar-refractivity contribution in [3.05, 3.63) is 53.6 Å². The third-order valence-electron chi connectivity index (χ3n) is 8.90. The Kier molecular flexibility index (Phi) is 9.72. The number of ether oxygens (including phenoxy) is 2. The van der Waals surface area contributed by atoms with E-state index in [0.29, 0.717) is 57.2 Å². The van der Waals surface area contributed by atoms with Gasteiger partial charge >= 0.3 is 12.0 Å². The smallest absolute Gasteiger partial charge is 0.319 e. The van der Waals surface area contributed by atoms with E-state index in [2.05, 4.69) is 6.92 Å². The predicted octanol–water partition coefficient (Wildman–Crippen LogP) is 3.32. The molecule has 11 nitrogen and oxygen atoms in total. The molecule has 232 valence electrons.